The first-order chi connectivity index (χ1) is 10.2. The standard InChI is InChI=1S/C18H27N3/c1-2-6-19-16-4-3-5-17(20-16)21-18-10-13-7-14(11-18)9-15(8-13)12-18/h3-5,13-15H,2,6-12H2,1H3,(H2,19,20,21). The lowest BCUT2D eigenvalue weighted by molar-refractivity contribution is 0.0105. The van der Waals surface area contributed by atoms with Crippen LogP contribution in [-0.2, 0) is 0 Å². The molecule has 1 heterocycles. The predicted molar refractivity (Wildman–Crippen MR) is 87.5 cm³/mol. The number of pyridine rings is 1. The third-order valence-electron chi connectivity index (χ3n) is 5.74. The molecule has 4 aliphatic rings. The summed E-state index contributed by atoms with van der Waals surface area (Å²) in [6.07, 6.45) is 9.72. The van der Waals surface area contributed by atoms with E-state index in [1.54, 1.807) is 0 Å². The van der Waals surface area contributed by atoms with Gasteiger partial charge in [0.05, 0.1) is 0 Å². The summed E-state index contributed by atoms with van der Waals surface area (Å²) in [4.78, 5) is 4.76. The molecule has 3 heteroatoms. The summed E-state index contributed by atoms with van der Waals surface area (Å²) < 4.78 is 0. The lowest BCUT2D eigenvalue weighted by Gasteiger charge is -2.57. The molecular weight excluding hydrogens is 258 g/mol. The second kappa shape index (κ2) is 5.19. The number of nitrogens with zero attached hydrogens (tertiary/aromatic N) is 1. The van der Waals surface area contributed by atoms with Gasteiger partial charge in [0, 0.05) is 12.1 Å². The Bertz CT molecular complexity index is 476. The topological polar surface area (TPSA) is 37.0 Å². The van der Waals surface area contributed by atoms with E-state index in [0.29, 0.717) is 5.54 Å². The minimum absolute atomic E-state index is 0.352. The first kappa shape index (κ1) is 13.4. The monoisotopic (exact) mass is 285 g/mol. The molecule has 4 aliphatic carbocycles. The Morgan fingerprint density at radius 3 is 2.29 bits per heavy atom. The van der Waals surface area contributed by atoms with Gasteiger partial charge in [-0.2, -0.15) is 0 Å². The number of aromatic nitrogens is 1. The third-order valence-corrected chi connectivity index (χ3v) is 5.74. The Hall–Kier alpha value is -1.25. The fourth-order valence-corrected chi connectivity index (χ4v) is 5.39. The first-order valence-electron chi connectivity index (χ1n) is 8.74. The van der Waals surface area contributed by atoms with Gasteiger partial charge in [-0.05, 0) is 74.8 Å². The summed E-state index contributed by atoms with van der Waals surface area (Å²) >= 11 is 0. The van der Waals surface area contributed by atoms with E-state index in [2.05, 4.69) is 35.8 Å². The average molecular weight is 285 g/mol. The molecule has 0 atom stereocenters. The molecule has 2 N–H and O–H groups in total. The Morgan fingerprint density at radius 1 is 1.05 bits per heavy atom. The Labute approximate surface area is 127 Å². The van der Waals surface area contributed by atoms with E-state index in [-0.39, 0.29) is 0 Å². The van der Waals surface area contributed by atoms with Crippen LogP contribution >= 0.6 is 0 Å². The molecule has 1 aromatic heterocycles. The van der Waals surface area contributed by atoms with Crippen molar-refractivity contribution < 1.29 is 0 Å². The summed E-state index contributed by atoms with van der Waals surface area (Å²) in [5.41, 5.74) is 0.352. The van der Waals surface area contributed by atoms with Crippen molar-refractivity contribution in [2.45, 2.75) is 57.4 Å². The summed E-state index contributed by atoms with van der Waals surface area (Å²) in [6, 6.07) is 6.32. The Kier molecular flexibility index (Phi) is 3.31. The summed E-state index contributed by atoms with van der Waals surface area (Å²) in [5, 5.41) is 7.24. The van der Waals surface area contributed by atoms with E-state index < -0.39 is 0 Å². The zero-order valence-electron chi connectivity index (χ0n) is 13.1. The van der Waals surface area contributed by atoms with Gasteiger partial charge in [-0.1, -0.05) is 13.0 Å². The molecule has 0 saturated heterocycles. The molecule has 21 heavy (non-hydrogen) atoms. The van der Waals surface area contributed by atoms with E-state index in [1.165, 1.54) is 38.5 Å². The zero-order chi connectivity index (χ0) is 14.3. The largest absolute Gasteiger partial charge is 0.370 e. The van der Waals surface area contributed by atoms with Crippen LogP contribution in [0.2, 0.25) is 0 Å². The highest BCUT2D eigenvalue weighted by molar-refractivity contribution is 5.47. The Balaban J connectivity index is 1.50. The van der Waals surface area contributed by atoms with Gasteiger partial charge in [-0.25, -0.2) is 4.98 Å². The summed E-state index contributed by atoms with van der Waals surface area (Å²) in [6.45, 7) is 3.18. The predicted octanol–water partition coefficient (Wildman–Crippen LogP) is 4.28. The van der Waals surface area contributed by atoms with E-state index in [4.69, 9.17) is 4.98 Å². The van der Waals surface area contributed by atoms with E-state index in [1.807, 2.05) is 0 Å². The fraction of sp³-hybridized carbons (Fsp3) is 0.722. The molecule has 5 rings (SSSR count). The maximum absolute atomic E-state index is 4.76. The van der Waals surface area contributed by atoms with Crippen molar-refractivity contribution in [1.82, 2.24) is 4.98 Å². The molecule has 114 valence electrons. The molecule has 0 amide bonds. The highest BCUT2D eigenvalue weighted by Gasteiger charge is 2.51. The lowest BCUT2D eigenvalue weighted by atomic mass is 9.53. The van der Waals surface area contributed by atoms with Crippen molar-refractivity contribution in [2.75, 3.05) is 17.2 Å². The molecular formula is C18H27N3. The van der Waals surface area contributed by atoms with Gasteiger partial charge in [0.15, 0.2) is 0 Å². The van der Waals surface area contributed by atoms with E-state index in [0.717, 1.165) is 42.4 Å². The molecule has 0 radical (unpaired) electrons. The molecule has 1 aromatic rings. The van der Waals surface area contributed by atoms with E-state index in [9.17, 15) is 0 Å². The van der Waals surface area contributed by atoms with Gasteiger partial charge in [0.1, 0.15) is 11.6 Å². The normalized spacial score (nSPS) is 36.7. The molecule has 3 nitrogen and oxygen atoms in total. The van der Waals surface area contributed by atoms with Gasteiger partial charge in [-0.15, -0.1) is 0 Å². The zero-order valence-corrected chi connectivity index (χ0v) is 13.1. The second-order valence-corrected chi connectivity index (χ2v) is 7.66. The maximum Gasteiger partial charge on any atom is 0.128 e. The SMILES string of the molecule is CCCNc1cccc(NC23CC4CC(CC(C4)C2)C3)n1. The van der Waals surface area contributed by atoms with Gasteiger partial charge in [-0.3, -0.25) is 0 Å². The molecule has 0 spiro atoms. The van der Waals surface area contributed by atoms with Crippen molar-refractivity contribution in [2.24, 2.45) is 17.8 Å². The first-order valence-corrected chi connectivity index (χ1v) is 8.74. The molecule has 4 saturated carbocycles. The van der Waals surface area contributed by atoms with Crippen molar-refractivity contribution in [3.63, 3.8) is 0 Å². The summed E-state index contributed by atoms with van der Waals surface area (Å²) in [5.74, 6) is 5.00. The highest BCUT2D eigenvalue weighted by Crippen LogP contribution is 2.56. The average Bonchev–Trinajstić information content (AvgIpc) is 2.43. The van der Waals surface area contributed by atoms with Crippen LogP contribution in [0, 0.1) is 17.8 Å². The van der Waals surface area contributed by atoms with Crippen LogP contribution in [0.15, 0.2) is 18.2 Å². The number of anilines is 2. The van der Waals surface area contributed by atoms with Crippen molar-refractivity contribution in [3.05, 3.63) is 18.2 Å². The number of hydrogen-bond acceptors (Lipinski definition) is 3. The lowest BCUT2D eigenvalue weighted by Crippen LogP contribution is -2.54. The van der Waals surface area contributed by atoms with Crippen LogP contribution in [0.5, 0.6) is 0 Å². The van der Waals surface area contributed by atoms with Gasteiger partial charge in [0.2, 0.25) is 0 Å². The van der Waals surface area contributed by atoms with Crippen LogP contribution in [0.4, 0.5) is 11.6 Å². The van der Waals surface area contributed by atoms with Crippen molar-refractivity contribution in [3.8, 4) is 0 Å². The van der Waals surface area contributed by atoms with Crippen molar-refractivity contribution >= 4 is 11.6 Å². The van der Waals surface area contributed by atoms with Crippen LogP contribution in [-0.4, -0.2) is 17.1 Å². The highest BCUT2D eigenvalue weighted by atomic mass is 15.1. The smallest absolute Gasteiger partial charge is 0.128 e. The minimum Gasteiger partial charge on any atom is -0.370 e. The van der Waals surface area contributed by atoms with Gasteiger partial charge >= 0.3 is 0 Å². The number of hydrogen-bond donors (Lipinski definition) is 2. The van der Waals surface area contributed by atoms with Crippen LogP contribution < -0.4 is 10.6 Å². The quantitative estimate of drug-likeness (QED) is 0.847. The molecule has 4 bridgehead atoms. The second-order valence-electron chi connectivity index (χ2n) is 7.66. The third kappa shape index (κ3) is 2.63. The summed E-state index contributed by atoms with van der Waals surface area (Å²) in [7, 11) is 0. The maximum atomic E-state index is 4.76. The van der Waals surface area contributed by atoms with Crippen LogP contribution in [0.25, 0.3) is 0 Å². The molecule has 4 fully saturated rings. The molecule has 0 aromatic carbocycles. The number of rotatable bonds is 5. The minimum atomic E-state index is 0.352. The van der Waals surface area contributed by atoms with Crippen molar-refractivity contribution in [1.29, 1.82) is 0 Å². The van der Waals surface area contributed by atoms with E-state index >= 15 is 0 Å². The number of nitrogens with one attached hydrogen (secondary N) is 2. The fourth-order valence-electron chi connectivity index (χ4n) is 5.39. The molecule has 0 unspecified atom stereocenters. The van der Waals surface area contributed by atoms with Crippen LogP contribution in [0.1, 0.15) is 51.9 Å². The molecule has 0 aliphatic heterocycles. The van der Waals surface area contributed by atoms with Gasteiger partial charge in [0.25, 0.3) is 0 Å². The van der Waals surface area contributed by atoms with Gasteiger partial charge < -0.3 is 10.6 Å². The van der Waals surface area contributed by atoms with Crippen LogP contribution in [0.3, 0.4) is 0 Å². The Morgan fingerprint density at radius 2 is 1.67 bits per heavy atom.